The molecule has 1 N–H and O–H groups in total. The van der Waals surface area contributed by atoms with E-state index in [1.165, 1.54) is 5.56 Å². The molecule has 0 saturated carbocycles. The molecule has 150 valence electrons. The van der Waals surface area contributed by atoms with Crippen molar-refractivity contribution in [1.29, 1.82) is 0 Å². The molecule has 29 heavy (non-hydrogen) atoms. The van der Waals surface area contributed by atoms with Crippen LogP contribution in [0, 0.1) is 0 Å². The molecule has 3 aromatic rings. The second-order valence-electron chi connectivity index (χ2n) is 7.09. The summed E-state index contributed by atoms with van der Waals surface area (Å²) in [7, 11) is 1.84. The Morgan fingerprint density at radius 1 is 1.00 bits per heavy atom. The maximum absolute atomic E-state index is 4.48. The Labute approximate surface area is 171 Å². The Morgan fingerprint density at radius 3 is 2.52 bits per heavy atom. The summed E-state index contributed by atoms with van der Waals surface area (Å²) in [5.41, 5.74) is 2.39. The molecule has 0 aliphatic carbocycles. The lowest BCUT2D eigenvalue weighted by molar-refractivity contribution is 0.371. The summed E-state index contributed by atoms with van der Waals surface area (Å²) in [5.74, 6) is 1.97. The highest BCUT2D eigenvalue weighted by Gasteiger charge is 2.20. The first-order valence-electron chi connectivity index (χ1n) is 9.98. The molecule has 7 nitrogen and oxygen atoms in total. The Balaban J connectivity index is 1.28. The monoisotopic (exact) mass is 389 g/mol. The van der Waals surface area contributed by atoms with Crippen molar-refractivity contribution in [2.24, 2.45) is 4.99 Å². The van der Waals surface area contributed by atoms with Gasteiger partial charge in [-0.15, -0.1) is 0 Å². The Hall–Kier alpha value is -3.35. The minimum Gasteiger partial charge on any atom is -0.353 e. The van der Waals surface area contributed by atoms with Crippen LogP contribution < -0.4 is 10.2 Å². The van der Waals surface area contributed by atoms with Crippen molar-refractivity contribution < 1.29 is 0 Å². The number of piperazine rings is 1. The highest BCUT2D eigenvalue weighted by molar-refractivity contribution is 5.80. The van der Waals surface area contributed by atoms with Gasteiger partial charge in [0.1, 0.15) is 5.82 Å². The van der Waals surface area contributed by atoms with Crippen molar-refractivity contribution in [3.8, 4) is 0 Å². The minimum absolute atomic E-state index is 0.710. The molecule has 0 unspecified atom stereocenters. The van der Waals surface area contributed by atoms with Crippen molar-refractivity contribution in [2.45, 2.75) is 13.1 Å². The summed E-state index contributed by atoms with van der Waals surface area (Å²) in [6.45, 7) is 5.21. The topological polar surface area (TPSA) is 61.6 Å². The third kappa shape index (κ3) is 4.93. The molecular weight excluding hydrogens is 362 g/mol. The molecule has 0 spiro atoms. The number of aliphatic imine (C=N–C) groups is 1. The fourth-order valence-electron chi connectivity index (χ4n) is 3.56. The molecule has 7 heteroatoms. The van der Waals surface area contributed by atoms with Crippen molar-refractivity contribution in [3.63, 3.8) is 0 Å². The standard InChI is InChI=1S/C22H27N7/c1-23-22(28-13-11-27(12-14-28)21-9-5-6-10-24-21)25-15-20-16-26-29(18-20)17-19-7-3-2-4-8-19/h2-10,16,18H,11-15,17H2,1H3,(H,23,25). The number of hydrogen-bond donors (Lipinski definition) is 1. The van der Waals surface area contributed by atoms with Gasteiger partial charge < -0.3 is 15.1 Å². The Kier molecular flexibility index (Phi) is 6.04. The first-order chi connectivity index (χ1) is 14.3. The first kappa shape index (κ1) is 19.0. The van der Waals surface area contributed by atoms with Gasteiger partial charge in [0.25, 0.3) is 0 Å². The summed E-state index contributed by atoms with van der Waals surface area (Å²) in [6.07, 6.45) is 5.86. The second kappa shape index (κ2) is 9.23. The predicted molar refractivity (Wildman–Crippen MR) is 116 cm³/mol. The molecular formula is C22H27N7. The number of rotatable bonds is 5. The number of nitrogens with one attached hydrogen (secondary N) is 1. The molecule has 1 saturated heterocycles. The molecule has 3 heterocycles. The van der Waals surface area contributed by atoms with Crippen molar-refractivity contribution >= 4 is 11.8 Å². The van der Waals surface area contributed by atoms with E-state index >= 15 is 0 Å². The number of guanidine groups is 1. The molecule has 1 fully saturated rings. The largest absolute Gasteiger partial charge is 0.353 e. The average Bonchev–Trinajstić information content (AvgIpc) is 3.23. The summed E-state index contributed by atoms with van der Waals surface area (Å²) in [6, 6.07) is 16.4. The molecule has 1 aliphatic rings. The number of pyridine rings is 1. The van der Waals surface area contributed by atoms with Crippen LogP contribution in [0.3, 0.4) is 0 Å². The smallest absolute Gasteiger partial charge is 0.194 e. The van der Waals surface area contributed by atoms with Gasteiger partial charge in [0.15, 0.2) is 5.96 Å². The van der Waals surface area contributed by atoms with Crippen LogP contribution in [0.2, 0.25) is 0 Å². The minimum atomic E-state index is 0.710. The second-order valence-corrected chi connectivity index (χ2v) is 7.09. The maximum atomic E-state index is 4.48. The third-order valence-electron chi connectivity index (χ3n) is 5.09. The van der Waals surface area contributed by atoms with E-state index in [0.29, 0.717) is 6.54 Å². The lowest BCUT2D eigenvalue weighted by Crippen LogP contribution is -2.52. The molecule has 1 aliphatic heterocycles. The van der Waals surface area contributed by atoms with E-state index in [-0.39, 0.29) is 0 Å². The predicted octanol–water partition coefficient (Wildman–Crippen LogP) is 2.22. The van der Waals surface area contributed by atoms with Gasteiger partial charge in [0.2, 0.25) is 0 Å². The van der Waals surface area contributed by atoms with Gasteiger partial charge in [0.05, 0.1) is 12.7 Å². The van der Waals surface area contributed by atoms with E-state index in [1.54, 1.807) is 0 Å². The SMILES string of the molecule is CN=C(NCc1cnn(Cc2ccccc2)c1)N1CCN(c2ccccn2)CC1. The fourth-order valence-corrected chi connectivity index (χ4v) is 3.56. The maximum Gasteiger partial charge on any atom is 0.194 e. The lowest BCUT2D eigenvalue weighted by Gasteiger charge is -2.37. The molecule has 1 aromatic carbocycles. The molecule has 0 bridgehead atoms. The summed E-state index contributed by atoms with van der Waals surface area (Å²) in [4.78, 5) is 13.5. The third-order valence-corrected chi connectivity index (χ3v) is 5.09. The van der Waals surface area contributed by atoms with E-state index in [9.17, 15) is 0 Å². The number of aromatic nitrogens is 3. The zero-order chi connectivity index (χ0) is 19.9. The van der Waals surface area contributed by atoms with E-state index in [0.717, 1.165) is 50.1 Å². The number of benzene rings is 1. The zero-order valence-corrected chi connectivity index (χ0v) is 16.8. The van der Waals surface area contributed by atoms with Crippen molar-refractivity contribution in [2.75, 3.05) is 38.1 Å². The van der Waals surface area contributed by atoms with Gasteiger partial charge in [0, 0.05) is 57.7 Å². The van der Waals surface area contributed by atoms with E-state index < -0.39 is 0 Å². The quantitative estimate of drug-likeness (QED) is 0.536. The van der Waals surface area contributed by atoms with Crippen molar-refractivity contribution in [3.05, 3.63) is 78.2 Å². The number of hydrogen-bond acceptors (Lipinski definition) is 4. The molecule has 4 rings (SSSR count). The first-order valence-corrected chi connectivity index (χ1v) is 9.98. The van der Waals surface area contributed by atoms with Crippen LogP contribution in [0.5, 0.6) is 0 Å². The molecule has 0 amide bonds. The van der Waals surface area contributed by atoms with E-state index in [1.807, 2.05) is 42.3 Å². The summed E-state index contributed by atoms with van der Waals surface area (Å²) < 4.78 is 1.97. The normalized spacial score (nSPS) is 14.9. The van der Waals surface area contributed by atoms with Gasteiger partial charge in [-0.1, -0.05) is 36.4 Å². The summed E-state index contributed by atoms with van der Waals surface area (Å²) in [5, 5.41) is 7.96. The Morgan fingerprint density at radius 2 is 1.79 bits per heavy atom. The lowest BCUT2D eigenvalue weighted by atomic mass is 10.2. The van der Waals surface area contributed by atoms with Crippen LogP contribution in [0.15, 0.2) is 72.1 Å². The molecule has 0 atom stereocenters. The van der Waals surface area contributed by atoms with Crippen LogP contribution >= 0.6 is 0 Å². The highest BCUT2D eigenvalue weighted by atomic mass is 15.4. The number of nitrogens with zero attached hydrogens (tertiary/aromatic N) is 6. The van der Waals surface area contributed by atoms with E-state index in [2.05, 4.69) is 66.7 Å². The van der Waals surface area contributed by atoms with Crippen LogP contribution in [0.4, 0.5) is 5.82 Å². The molecule has 2 aromatic heterocycles. The van der Waals surface area contributed by atoms with Crippen molar-refractivity contribution in [1.82, 2.24) is 25.0 Å². The molecule has 0 radical (unpaired) electrons. The average molecular weight is 390 g/mol. The number of anilines is 1. The fraction of sp³-hybridized carbons (Fsp3) is 0.318. The van der Waals surface area contributed by atoms with Crippen LogP contribution in [-0.4, -0.2) is 58.9 Å². The van der Waals surface area contributed by atoms with Crippen LogP contribution in [-0.2, 0) is 13.1 Å². The highest BCUT2D eigenvalue weighted by Crippen LogP contribution is 2.12. The zero-order valence-electron chi connectivity index (χ0n) is 16.8. The van der Waals surface area contributed by atoms with Gasteiger partial charge in [-0.2, -0.15) is 5.10 Å². The van der Waals surface area contributed by atoms with Gasteiger partial charge in [-0.05, 0) is 17.7 Å². The Bertz CT molecular complexity index is 913. The van der Waals surface area contributed by atoms with E-state index in [4.69, 9.17) is 0 Å². The van der Waals surface area contributed by atoms with Gasteiger partial charge in [-0.3, -0.25) is 9.67 Å². The summed E-state index contributed by atoms with van der Waals surface area (Å²) >= 11 is 0. The van der Waals surface area contributed by atoms with Gasteiger partial charge >= 0.3 is 0 Å². The van der Waals surface area contributed by atoms with Gasteiger partial charge in [-0.25, -0.2) is 4.98 Å². The van der Waals surface area contributed by atoms with Crippen LogP contribution in [0.25, 0.3) is 0 Å². The van der Waals surface area contributed by atoms with Crippen LogP contribution in [0.1, 0.15) is 11.1 Å².